The minimum Gasteiger partial charge on any atom is -0.319 e. The lowest BCUT2D eigenvalue weighted by Gasteiger charge is -2.06. The summed E-state index contributed by atoms with van der Waals surface area (Å²) in [4.78, 5) is 12.9. The van der Waals surface area contributed by atoms with E-state index >= 15 is 0 Å². The van der Waals surface area contributed by atoms with E-state index in [2.05, 4.69) is 23.0 Å². The monoisotopic (exact) mass is 261 g/mol. The molecule has 0 atom stereocenters. The molecule has 0 unspecified atom stereocenters. The molecule has 0 aliphatic carbocycles. The van der Waals surface area contributed by atoms with Crippen molar-refractivity contribution in [1.82, 2.24) is 9.78 Å². The zero-order valence-electron chi connectivity index (χ0n) is 10.3. The Bertz CT molecular complexity index is 577. The third-order valence-electron chi connectivity index (χ3n) is 2.68. The van der Waals surface area contributed by atoms with Crippen molar-refractivity contribution in [3.05, 3.63) is 41.7 Å². The van der Waals surface area contributed by atoms with Crippen LogP contribution in [-0.2, 0) is 6.54 Å². The molecule has 18 heavy (non-hydrogen) atoms. The molecule has 4 nitrogen and oxygen atoms in total. The van der Waals surface area contributed by atoms with Crippen molar-refractivity contribution in [3.63, 3.8) is 0 Å². The van der Waals surface area contributed by atoms with Gasteiger partial charge in [-0.3, -0.25) is 9.48 Å². The van der Waals surface area contributed by atoms with E-state index in [4.69, 9.17) is 0 Å². The zero-order chi connectivity index (χ0) is 13.1. The Labute approximate surface area is 111 Å². The fourth-order valence-corrected chi connectivity index (χ4v) is 1.86. The van der Waals surface area contributed by atoms with Crippen LogP contribution in [0.4, 0.5) is 5.69 Å². The molecule has 5 heteroatoms. The molecule has 1 aromatic heterocycles. The highest BCUT2D eigenvalue weighted by Crippen LogP contribution is 2.16. The summed E-state index contributed by atoms with van der Waals surface area (Å²) < 4.78 is 1.76. The fourth-order valence-electron chi connectivity index (χ4n) is 1.65. The van der Waals surface area contributed by atoms with Crippen LogP contribution in [0, 0.1) is 6.92 Å². The standard InChI is InChI=1S/C13H15N3OS/c1-3-16-8-10(7-14-16)15-13(17)12-6-11(18)5-4-9(12)2/h4-8,18H,3H2,1-2H3,(H,15,17). The van der Waals surface area contributed by atoms with Gasteiger partial charge in [0.15, 0.2) is 0 Å². The maximum atomic E-state index is 12.1. The minimum absolute atomic E-state index is 0.140. The van der Waals surface area contributed by atoms with Gasteiger partial charge in [0.2, 0.25) is 0 Å². The Morgan fingerprint density at radius 1 is 1.50 bits per heavy atom. The molecule has 94 valence electrons. The number of hydrogen-bond acceptors (Lipinski definition) is 3. The van der Waals surface area contributed by atoms with Gasteiger partial charge in [-0.25, -0.2) is 0 Å². The van der Waals surface area contributed by atoms with Crippen molar-refractivity contribution >= 4 is 24.2 Å². The van der Waals surface area contributed by atoms with Crippen LogP contribution in [0.15, 0.2) is 35.5 Å². The number of aromatic nitrogens is 2. The summed E-state index contributed by atoms with van der Waals surface area (Å²) in [6.45, 7) is 4.67. The molecular formula is C13H15N3OS. The number of carbonyl (C=O) groups excluding carboxylic acids is 1. The number of nitrogens with one attached hydrogen (secondary N) is 1. The summed E-state index contributed by atoms with van der Waals surface area (Å²) >= 11 is 4.24. The Morgan fingerprint density at radius 2 is 2.28 bits per heavy atom. The normalized spacial score (nSPS) is 10.4. The van der Waals surface area contributed by atoms with Crippen LogP contribution in [0.2, 0.25) is 0 Å². The van der Waals surface area contributed by atoms with E-state index in [0.717, 1.165) is 17.0 Å². The lowest BCUT2D eigenvalue weighted by molar-refractivity contribution is 0.102. The van der Waals surface area contributed by atoms with Gasteiger partial charge in [-0.15, -0.1) is 12.6 Å². The number of thiol groups is 1. The van der Waals surface area contributed by atoms with Crippen LogP contribution in [0.3, 0.4) is 0 Å². The van der Waals surface area contributed by atoms with Gasteiger partial charge in [-0.05, 0) is 31.5 Å². The number of amides is 1. The van der Waals surface area contributed by atoms with Crippen LogP contribution in [0.1, 0.15) is 22.8 Å². The number of rotatable bonds is 3. The molecule has 0 saturated heterocycles. The molecule has 2 rings (SSSR count). The molecule has 0 aliphatic rings. The third kappa shape index (κ3) is 2.73. The van der Waals surface area contributed by atoms with Gasteiger partial charge in [0, 0.05) is 23.2 Å². The van der Waals surface area contributed by atoms with Crippen LogP contribution < -0.4 is 5.32 Å². The van der Waals surface area contributed by atoms with E-state index in [1.807, 2.05) is 26.0 Å². The Morgan fingerprint density at radius 3 is 2.94 bits per heavy atom. The van der Waals surface area contributed by atoms with Crippen molar-refractivity contribution < 1.29 is 4.79 Å². The molecule has 1 N–H and O–H groups in total. The Kier molecular flexibility index (Phi) is 3.72. The Hall–Kier alpha value is -1.75. The average Bonchev–Trinajstić information content (AvgIpc) is 2.80. The number of aryl methyl sites for hydroxylation is 2. The first-order valence-electron chi connectivity index (χ1n) is 5.73. The largest absolute Gasteiger partial charge is 0.319 e. The smallest absolute Gasteiger partial charge is 0.256 e. The lowest BCUT2D eigenvalue weighted by Crippen LogP contribution is -2.13. The van der Waals surface area contributed by atoms with E-state index in [1.165, 1.54) is 0 Å². The van der Waals surface area contributed by atoms with E-state index in [1.54, 1.807) is 23.1 Å². The van der Waals surface area contributed by atoms with E-state index in [-0.39, 0.29) is 5.91 Å². The zero-order valence-corrected chi connectivity index (χ0v) is 11.2. The molecular weight excluding hydrogens is 246 g/mol. The van der Waals surface area contributed by atoms with E-state index in [0.29, 0.717) is 11.3 Å². The summed E-state index contributed by atoms with van der Waals surface area (Å²) in [5, 5.41) is 6.93. The van der Waals surface area contributed by atoms with Gasteiger partial charge < -0.3 is 5.32 Å². The summed E-state index contributed by atoms with van der Waals surface area (Å²) in [6, 6.07) is 5.51. The van der Waals surface area contributed by atoms with Crippen LogP contribution >= 0.6 is 12.6 Å². The molecule has 0 saturated carbocycles. The SMILES string of the molecule is CCn1cc(NC(=O)c2cc(S)ccc2C)cn1. The number of carbonyl (C=O) groups is 1. The second kappa shape index (κ2) is 5.27. The molecule has 2 aromatic rings. The van der Waals surface area contributed by atoms with Gasteiger partial charge in [0.1, 0.15) is 0 Å². The van der Waals surface area contributed by atoms with Crippen molar-refractivity contribution in [2.24, 2.45) is 0 Å². The van der Waals surface area contributed by atoms with Crippen molar-refractivity contribution in [1.29, 1.82) is 0 Å². The maximum Gasteiger partial charge on any atom is 0.256 e. The van der Waals surface area contributed by atoms with Gasteiger partial charge in [-0.2, -0.15) is 5.10 Å². The highest BCUT2D eigenvalue weighted by molar-refractivity contribution is 7.80. The second-order valence-corrected chi connectivity index (χ2v) is 4.55. The maximum absolute atomic E-state index is 12.1. The highest BCUT2D eigenvalue weighted by Gasteiger charge is 2.10. The summed E-state index contributed by atoms with van der Waals surface area (Å²) in [7, 11) is 0. The number of benzene rings is 1. The molecule has 0 radical (unpaired) electrons. The topological polar surface area (TPSA) is 46.9 Å². The molecule has 0 spiro atoms. The number of anilines is 1. The van der Waals surface area contributed by atoms with E-state index in [9.17, 15) is 4.79 Å². The number of hydrogen-bond donors (Lipinski definition) is 2. The van der Waals surface area contributed by atoms with Crippen molar-refractivity contribution in [2.75, 3.05) is 5.32 Å². The Balaban J connectivity index is 2.19. The summed E-state index contributed by atoms with van der Waals surface area (Å²) in [5.74, 6) is -0.140. The quantitative estimate of drug-likeness (QED) is 0.835. The first kappa shape index (κ1) is 12.7. The summed E-state index contributed by atoms with van der Waals surface area (Å²) in [5.41, 5.74) is 2.26. The second-order valence-electron chi connectivity index (χ2n) is 4.04. The summed E-state index contributed by atoms with van der Waals surface area (Å²) in [6.07, 6.45) is 3.44. The van der Waals surface area contributed by atoms with Gasteiger partial charge in [0.25, 0.3) is 5.91 Å². The third-order valence-corrected chi connectivity index (χ3v) is 2.96. The predicted octanol–water partition coefficient (Wildman–Crippen LogP) is 2.75. The molecule has 1 amide bonds. The molecule has 1 aromatic carbocycles. The average molecular weight is 261 g/mol. The first-order chi connectivity index (χ1) is 8.60. The van der Waals surface area contributed by atoms with Gasteiger partial charge in [0.05, 0.1) is 11.9 Å². The van der Waals surface area contributed by atoms with Crippen molar-refractivity contribution in [3.8, 4) is 0 Å². The minimum atomic E-state index is -0.140. The van der Waals surface area contributed by atoms with Crippen LogP contribution in [0.25, 0.3) is 0 Å². The first-order valence-corrected chi connectivity index (χ1v) is 6.18. The molecule has 0 aliphatic heterocycles. The molecule has 0 fully saturated rings. The lowest BCUT2D eigenvalue weighted by atomic mass is 10.1. The van der Waals surface area contributed by atoms with Gasteiger partial charge >= 0.3 is 0 Å². The van der Waals surface area contributed by atoms with Gasteiger partial charge in [-0.1, -0.05) is 6.07 Å². The molecule has 1 heterocycles. The predicted molar refractivity (Wildman–Crippen MR) is 74.3 cm³/mol. The fraction of sp³-hybridized carbons (Fsp3) is 0.231. The molecule has 0 bridgehead atoms. The van der Waals surface area contributed by atoms with Crippen LogP contribution in [0.5, 0.6) is 0 Å². The highest BCUT2D eigenvalue weighted by atomic mass is 32.1. The number of nitrogens with zero attached hydrogens (tertiary/aromatic N) is 2. The van der Waals surface area contributed by atoms with Crippen LogP contribution in [-0.4, -0.2) is 15.7 Å². The van der Waals surface area contributed by atoms with E-state index < -0.39 is 0 Å². The van der Waals surface area contributed by atoms with Crippen molar-refractivity contribution in [2.45, 2.75) is 25.3 Å².